The van der Waals surface area contributed by atoms with Crippen molar-refractivity contribution in [3.8, 4) is 0 Å². The van der Waals surface area contributed by atoms with Crippen molar-refractivity contribution in [3.63, 3.8) is 0 Å². The second kappa shape index (κ2) is 5.17. The van der Waals surface area contributed by atoms with Crippen LogP contribution in [-0.4, -0.2) is 30.9 Å². The summed E-state index contributed by atoms with van der Waals surface area (Å²) in [5.41, 5.74) is 2.07. The Balaban J connectivity index is 2.24. The van der Waals surface area contributed by atoms with Crippen LogP contribution in [0.25, 0.3) is 0 Å². The summed E-state index contributed by atoms with van der Waals surface area (Å²) < 4.78 is 6.51. The van der Waals surface area contributed by atoms with Crippen molar-refractivity contribution in [2.75, 3.05) is 24.6 Å². The van der Waals surface area contributed by atoms with E-state index in [-0.39, 0.29) is 12.7 Å². The van der Waals surface area contributed by atoms with E-state index in [1.165, 1.54) is 0 Å². The smallest absolute Gasteiger partial charge is 0.0722 e. The maximum absolute atomic E-state index is 9.36. The normalized spacial score (nSPS) is 21.2. The number of hydrogen-bond acceptors (Lipinski definition) is 3. The quantitative estimate of drug-likeness (QED) is 0.904. The maximum atomic E-state index is 9.36. The highest BCUT2D eigenvalue weighted by molar-refractivity contribution is 9.10. The lowest BCUT2D eigenvalue weighted by atomic mass is 10.1. The summed E-state index contributed by atoms with van der Waals surface area (Å²) in [7, 11) is 0. The molecule has 0 amide bonds. The Morgan fingerprint density at radius 1 is 1.56 bits per heavy atom. The number of benzene rings is 1. The van der Waals surface area contributed by atoms with Gasteiger partial charge >= 0.3 is 0 Å². The van der Waals surface area contributed by atoms with Crippen molar-refractivity contribution in [3.05, 3.63) is 28.2 Å². The van der Waals surface area contributed by atoms with Gasteiger partial charge in [0.05, 0.1) is 19.3 Å². The van der Waals surface area contributed by atoms with Crippen molar-refractivity contribution in [2.24, 2.45) is 0 Å². The molecule has 16 heavy (non-hydrogen) atoms. The van der Waals surface area contributed by atoms with E-state index in [9.17, 15) is 5.11 Å². The molecule has 1 saturated heterocycles. The fourth-order valence-electron chi connectivity index (χ4n) is 2.03. The minimum Gasteiger partial charge on any atom is -0.392 e. The fourth-order valence-corrected chi connectivity index (χ4v) is 2.43. The van der Waals surface area contributed by atoms with Gasteiger partial charge in [-0.15, -0.1) is 0 Å². The van der Waals surface area contributed by atoms with Crippen LogP contribution in [0.3, 0.4) is 0 Å². The first-order valence-corrected chi connectivity index (χ1v) is 6.26. The van der Waals surface area contributed by atoms with Crippen molar-refractivity contribution in [1.29, 1.82) is 0 Å². The SMILES string of the molecule is CC1CN(c2ccc(Br)cc2CO)CCO1. The molecule has 1 aromatic rings. The van der Waals surface area contributed by atoms with Gasteiger partial charge in [-0.1, -0.05) is 15.9 Å². The Morgan fingerprint density at radius 3 is 3.06 bits per heavy atom. The second-order valence-electron chi connectivity index (χ2n) is 4.06. The third-order valence-electron chi connectivity index (χ3n) is 2.79. The maximum Gasteiger partial charge on any atom is 0.0722 e. The summed E-state index contributed by atoms with van der Waals surface area (Å²) in [5.74, 6) is 0. The highest BCUT2D eigenvalue weighted by Gasteiger charge is 2.18. The van der Waals surface area contributed by atoms with Gasteiger partial charge in [0.2, 0.25) is 0 Å². The molecule has 3 nitrogen and oxygen atoms in total. The molecule has 4 heteroatoms. The molecule has 0 saturated carbocycles. The standard InChI is InChI=1S/C12H16BrNO2/c1-9-7-14(4-5-16-9)12-3-2-11(13)6-10(12)8-15/h2-3,6,9,15H,4-5,7-8H2,1H3. The van der Waals surface area contributed by atoms with Gasteiger partial charge < -0.3 is 14.7 Å². The van der Waals surface area contributed by atoms with Gasteiger partial charge in [0.15, 0.2) is 0 Å². The first-order valence-electron chi connectivity index (χ1n) is 5.46. The predicted molar refractivity (Wildman–Crippen MR) is 67.7 cm³/mol. The molecule has 0 spiro atoms. The Hall–Kier alpha value is -0.580. The monoisotopic (exact) mass is 285 g/mol. The van der Waals surface area contributed by atoms with Crippen LogP contribution in [0.15, 0.2) is 22.7 Å². The number of aliphatic hydroxyl groups is 1. The summed E-state index contributed by atoms with van der Waals surface area (Å²) in [6, 6.07) is 6.03. The van der Waals surface area contributed by atoms with E-state index in [0.29, 0.717) is 0 Å². The molecule has 0 radical (unpaired) electrons. The van der Waals surface area contributed by atoms with Crippen molar-refractivity contribution < 1.29 is 9.84 Å². The minimum absolute atomic E-state index is 0.0700. The summed E-state index contributed by atoms with van der Waals surface area (Å²) >= 11 is 3.42. The molecule has 1 unspecified atom stereocenters. The highest BCUT2D eigenvalue weighted by atomic mass is 79.9. The Kier molecular flexibility index (Phi) is 3.84. The molecule has 1 fully saturated rings. The van der Waals surface area contributed by atoms with Crippen LogP contribution in [0, 0.1) is 0 Å². The number of ether oxygens (including phenoxy) is 1. The summed E-state index contributed by atoms with van der Waals surface area (Å²) in [5, 5.41) is 9.36. The predicted octanol–water partition coefficient (Wildman–Crippen LogP) is 2.17. The minimum atomic E-state index is 0.0700. The molecule has 1 heterocycles. The molecular weight excluding hydrogens is 270 g/mol. The molecule has 2 rings (SSSR count). The molecule has 0 aromatic heterocycles. The Bertz CT molecular complexity index is 370. The van der Waals surface area contributed by atoms with E-state index in [1.807, 2.05) is 18.2 Å². The number of anilines is 1. The van der Waals surface area contributed by atoms with E-state index >= 15 is 0 Å². The zero-order valence-corrected chi connectivity index (χ0v) is 10.9. The molecule has 1 aliphatic rings. The zero-order chi connectivity index (χ0) is 11.5. The molecule has 1 atom stereocenters. The van der Waals surface area contributed by atoms with Gasteiger partial charge in [0.25, 0.3) is 0 Å². The van der Waals surface area contributed by atoms with Crippen LogP contribution < -0.4 is 4.90 Å². The number of nitrogens with zero attached hydrogens (tertiary/aromatic N) is 1. The van der Waals surface area contributed by atoms with Crippen molar-refractivity contribution in [1.82, 2.24) is 0 Å². The van der Waals surface area contributed by atoms with E-state index in [2.05, 4.69) is 27.8 Å². The third-order valence-corrected chi connectivity index (χ3v) is 3.29. The van der Waals surface area contributed by atoms with Crippen LogP contribution in [0.2, 0.25) is 0 Å². The number of morpholine rings is 1. The van der Waals surface area contributed by atoms with Crippen LogP contribution in [0.4, 0.5) is 5.69 Å². The molecule has 1 N–H and O–H groups in total. The molecular formula is C12H16BrNO2. The Morgan fingerprint density at radius 2 is 2.38 bits per heavy atom. The van der Waals surface area contributed by atoms with E-state index in [0.717, 1.165) is 35.4 Å². The van der Waals surface area contributed by atoms with E-state index in [4.69, 9.17) is 4.74 Å². The lowest BCUT2D eigenvalue weighted by Gasteiger charge is -2.34. The van der Waals surface area contributed by atoms with Crippen LogP contribution >= 0.6 is 15.9 Å². The van der Waals surface area contributed by atoms with Crippen LogP contribution in [0.1, 0.15) is 12.5 Å². The zero-order valence-electron chi connectivity index (χ0n) is 9.32. The van der Waals surface area contributed by atoms with Gasteiger partial charge in [-0.25, -0.2) is 0 Å². The fraction of sp³-hybridized carbons (Fsp3) is 0.500. The summed E-state index contributed by atoms with van der Waals surface area (Å²) in [6.45, 7) is 4.67. The Labute approximate surface area is 104 Å². The summed E-state index contributed by atoms with van der Waals surface area (Å²) in [6.07, 6.45) is 0.254. The number of aliphatic hydroxyl groups excluding tert-OH is 1. The van der Waals surface area contributed by atoms with E-state index in [1.54, 1.807) is 0 Å². The van der Waals surface area contributed by atoms with Crippen molar-refractivity contribution in [2.45, 2.75) is 19.6 Å². The first kappa shape index (κ1) is 11.9. The lowest BCUT2D eigenvalue weighted by molar-refractivity contribution is 0.0531. The van der Waals surface area contributed by atoms with Crippen LogP contribution in [-0.2, 0) is 11.3 Å². The number of halogens is 1. The number of hydrogen-bond donors (Lipinski definition) is 1. The van der Waals surface area contributed by atoms with E-state index < -0.39 is 0 Å². The molecule has 88 valence electrons. The topological polar surface area (TPSA) is 32.7 Å². The van der Waals surface area contributed by atoms with Gasteiger partial charge in [-0.05, 0) is 25.1 Å². The average Bonchev–Trinajstić information content (AvgIpc) is 2.28. The van der Waals surface area contributed by atoms with Crippen LogP contribution in [0.5, 0.6) is 0 Å². The molecule has 0 bridgehead atoms. The largest absolute Gasteiger partial charge is 0.392 e. The first-order chi connectivity index (χ1) is 7.70. The number of rotatable bonds is 2. The highest BCUT2D eigenvalue weighted by Crippen LogP contribution is 2.26. The average molecular weight is 286 g/mol. The van der Waals surface area contributed by atoms with Crippen molar-refractivity contribution >= 4 is 21.6 Å². The molecule has 1 aliphatic heterocycles. The third kappa shape index (κ3) is 2.56. The van der Waals surface area contributed by atoms with Gasteiger partial charge in [0.1, 0.15) is 0 Å². The van der Waals surface area contributed by atoms with Gasteiger partial charge in [0, 0.05) is 28.8 Å². The molecule has 1 aromatic carbocycles. The molecule has 0 aliphatic carbocycles. The second-order valence-corrected chi connectivity index (χ2v) is 4.97. The summed E-state index contributed by atoms with van der Waals surface area (Å²) in [4.78, 5) is 2.27. The van der Waals surface area contributed by atoms with Gasteiger partial charge in [-0.3, -0.25) is 0 Å². The van der Waals surface area contributed by atoms with Gasteiger partial charge in [-0.2, -0.15) is 0 Å². The lowest BCUT2D eigenvalue weighted by Crippen LogP contribution is -2.41.